The zero-order chi connectivity index (χ0) is 12.4. The number of rotatable bonds is 3. The van der Waals surface area contributed by atoms with Crippen LogP contribution >= 0.6 is 0 Å². The summed E-state index contributed by atoms with van der Waals surface area (Å²) in [4.78, 5) is 2.45. The van der Waals surface area contributed by atoms with Gasteiger partial charge in [-0.15, -0.1) is 0 Å². The molecule has 2 fully saturated rings. The molecule has 3 heteroatoms. The normalized spacial score (nSPS) is 34.8. The lowest BCUT2D eigenvalue weighted by atomic mass is 9.73. The van der Waals surface area contributed by atoms with E-state index in [1.165, 1.54) is 32.1 Å². The summed E-state index contributed by atoms with van der Waals surface area (Å²) < 4.78 is 0. The SMILES string of the molecule is CC1(O)CCCN(CC2(CN)CCCCC2)C1. The smallest absolute Gasteiger partial charge is 0.0746 e. The number of piperidine rings is 1. The van der Waals surface area contributed by atoms with Gasteiger partial charge in [0.25, 0.3) is 0 Å². The van der Waals surface area contributed by atoms with Gasteiger partial charge in [-0.1, -0.05) is 19.3 Å². The molecule has 0 bridgehead atoms. The molecule has 1 unspecified atom stereocenters. The first-order valence-electron chi connectivity index (χ1n) is 7.20. The molecule has 2 aliphatic rings. The van der Waals surface area contributed by atoms with Crippen molar-refractivity contribution in [2.45, 2.75) is 57.5 Å². The Morgan fingerprint density at radius 2 is 1.82 bits per heavy atom. The number of hydrogen-bond donors (Lipinski definition) is 2. The molecular weight excluding hydrogens is 212 g/mol. The Bertz CT molecular complexity index is 247. The van der Waals surface area contributed by atoms with Gasteiger partial charge >= 0.3 is 0 Å². The molecule has 0 aromatic heterocycles. The van der Waals surface area contributed by atoms with Crippen LogP contribution in [-0.2, 0) is 0 Å². The van der Waals surface area contributed by atoms with Crippen molar-refractivity contribution < 1.29 is 5.11 Å². The van der Waals surface area contributed by atoms with Crippen molar-refractivity contribution in [3.63, 3.8) is 0 Å². The number of aliphatic hydroxyl groups is 1. The monoisotopic (exact) mass is 240 g/mol. The van der Waals surface area contributed by atoms with Gasteiger partial charge < -0.3 is 10.8 Å². The number of likely N-dealkylation sites (tertiary alicyclic amines) is 1. The zero-order valence-corrected chi connectivity index (χ0v) is 11.2. The molecule has 3 nitrogen and oxygen atoms in total. The Kier molecular flexibility index (Phi) is 4.11. The topological polar surface area (TPSA) is 49.5 Å². The molecule has 2 rings (SSSR count). The van der Waals surface area contributed by atoms with E-state index in [9.17, 15) is 5.11 Å². The summed E-state index contributed by atoms with van der Waals surface area (Å²) in [5.41, 5.74) is 5.89. The van der Waals surface area contributed by atoms with Crippen molar-refractivity contribution in [2.75, 3.05) is 26.2 Å². The summed E-state index contributed by atoms with van der Waals surface area (Å²) in [5, 5.41) is 10.2. The maximum absolute atomic E-state index is 10.2. The molecule has 1 aliphatic heterocycles. The lowest BCUT2D eigenvalue weighted by molar-refractivity contribution is -0.0318. The minimum Gasteiger partial charge on any atom is -0.389 e. The van der Waals surface area contributed by atoms with E-state index in [-0.39, 0.29) is 0 Å². The molecule has 1 atom stereocenters. The highest BCUT2D eigenvalue weighted by molar-refractivity contribution is 4.90. The minimum atomic E-state index is -0.483. The highest BCUT2D eigenvalue weighted by Crippen LogP contribution is 2.37. The van der Waals surface area contributed by atoms with Crippen LogP contribution in [-0.4, -0.2) is 41.8 Å². The van der Waals surface area contributed by atoms with E-state index < -0.39 is 5.60 Å². The molecule has 0 amide bonds. The molecule has 1 heterocycles. The third kappa shape index (κ3) is 3.43. The zero-order valence-electron chi connectivity index (χ0n) is 11.2. The lowest BCUT2D eigenvalue weighted by Crippen LogP contribution is -2.51. The van der Waals surface area contributed by atoms with Gasteiger partial charge in [-0.05, 0) is 51.1 Å². The lowest BCUT2D eigenvalue weighted by Gasteiger charge is -2.44. The molecule has 17 heavy (non-hydrogen) atoms. The van der Waals surface area contributed by atoms with Crippen LogP contribution in [0.15, 0.2) is 0 Å². The van der Waals surface area contributed by atoms with Gasteiger partial charge in [-0.25, -0.2) is 0 Å². The van der Waals surface area contributed by atoms with Crippen LogP contribution in [0, 0.1) is 5.41 Å². The van der Waals surface area contributed by atoms with Crippen molar-refractivity contribution in [1.82, 2.24) is 4.90 Å². The molecule has 1 saturated heterocycles. The second-order valence-electron chi connectivity index (χ2n) is 6.58. The number of β-amino-alcohol motifs (C(OH)–C–C–N with tert-alkyl or cyclic N) is 1. The van der Waals surface area contributed by atoms with Gasteiger partial charge in [0.15, 0.2) is 0 Å². The van der Waals surface area contributed by atoms with Crippen molar-refractivity contribution in [2.24, 2.45) is 11.1 Å². The molecule has 1 aliphatic carbocycles. The number of nitrogens with zero attached hydrogens (tertiary/aromatic N) is 1. The van der Waals surface area contributed by atoms with Gasteiger partial charge in [0.2, 0.25) is 0 Å². The molecule has 100 valence electrons. The predicted molar refractivity (Wildman–Crippen MR) is 70.9 cm³/mol. The Hall–Kier alpha value is -0.120. The first-order valence-corrected chi connectivity index (χ1v) is 7.20. The Morgan fingerprint density at radius 3 is 2.41 bits per heavy atom. The predicted octanol–water partition coefficient (Wildman–Crippen LogP) is 1.74. The van der Waals surface area contributed by atoms with Crippen LogP contribution in [0.5, 0.6) is 0 Å². The van der Waals surface area contributed by atoms with E-state index in [0.29, 0.717) is 5.41 Å². The summed E-state index contributed by atoms with van der Waals surface area (Å²) in [6.07, 6.45) is 8.67. The standard InChI is InChI=1S/C14H28N2O/c1-13(17)6-5-9-16(11-13)12-14(10-15)7-3-2-4-8-14/h17H,2-12,15H2,1H3. The number of hydrogen-bond acceptors (Lipinski definition) is 3. The molecule has 0 spiro atoms. The third-order valence-corrected chi connectivity index (χ3v) is 4.66. The van der Waals surface area contributed by atoms with Crippen LogP contribution < -0.4 is 5.73 Å². The molecule has 0 aromatic carbocycles. The average Bonchev–Trinajstić information content (AvgIpc) is 2.29. The Labute approximate surface area is 105 Å². The van der Waals surface area contributed by atoms with Gasteiger partial charge in [0, 0.05) is 13.1 Å². The van der Waals surface area contributed by atoms with E-state index in [2.05, 4.69) is 4.90 Å². The van der Waals surface area contributed by atoms with E-state index in [1.54, 1.807) is 0 Å². The van der Waals surface area contributed by atoms with E-state index in [1.807, 2.05) is 6.92 Å². The summed E-state index contributed by atoms with van der Waals surface area (Å²) in [5.74, 6) is 0. The summed E-state index contributed by atoms with van der Waals surface area (Å²) in [6, 6.07) is 0. The van der Waals surface area contributed by atoms with Crippen LogP contribution in [0.3, 0.4) is 0 Å². The Morgan fingerprint density at radius 1 is 1.12 bits per heavy atom. The Balaban J connectivity index is 1.93. The minimum absolute atomic E-state index is 0.339. The summed E-state index contributed by atoms with van der Waals surface area (Å²) in [6.45, 7) is 5.84. The largest absolute Gasteiger partial charge is 0.389 e. The van der Waals surface area contributed by atoms with E-state index >= 15 is 0 Å². The van der Waals surface area contributed by atoms with Crippen molar-refractivity contribution >= 4 is 0 Å². The van der Waals surface area contributed by atoms with Crippen LogP contribution in [0.4, 0.5) is 0 Å². The molecular formula is C14H28N2O. The third-order valence-electron chi connectivity index (χ3n) is 4.66. The maximum Gasteiger partial charge on any atom is 0.0746 e. The summed E-state index contributed by atoms with van der Waals surface area (Å²) >= 11 is 0. The van der Waals surface area contributed by atoms with Gasteiger partial charge in [0.1, 0.15) is 0 Å². The average molecular weight is 240 g/mol. The second kappa shape index (κ2) is 5.25. The molecule has 3 N–H and O–H groups in total. The fraction of sp³-hybridized carbons (Fsp3) is 1.00. The molecule has 0 radical (unpaired) electrons. The van der Waals surface area contributed by atoms with Crippen LogP contribution in [0.1, 0.15) is 51.9 Å². The fourth-order valence-electron chi connectivity index (χ4n) is 3.66. The van der Waals surface area contributed by atoms with Crippen LogP contribution in [0.2, 0.25) is 0 Å². The molecule has 1 saturated carbocycles. The van der Waals surface area contributed by atoms with Crippen molar-refractivity contribution in [1.29, 1.82) is 0 Å². The first kappa shape index (κ1) is 13.3. The van der Waals surface area contributed by atoms with E-state index in [4.69, 9.17) is 5.73 Å². The van der Waals surface area contributed by atoms with Gasteiger partial charge in [-0.2, -0.15) is 0 Å². The fourth-order valence-corrected chi connectivity index (χ4v) is 3.66. The number of nitrogens with two attached hydrogens (primary N) is 1. The van der Waals surface area contributed by atoms with Crippen molar-refractivity contribution in [3.8, 4) is 0 Å². The highest BCUT2D eigenvalue weighted by Gasteiger charge is 2.36. The van der Waals surface area contributed by atoms with Gasteiger partial charge in [-0.3, -0.25) is 4.90 Å². The maximum atomic E-state index is 10.2. The summed E-state index contributed by atoms with van der Waals surface area (Å²) in [7, 11) is 0. The van der Waals surface area contributed by atoms with E-state index in [0.717, 1.165) is 39.0 Å². The highest BCUT2D eigenvalue weighted by atomic mass is 16.3. The van der Waals surface area contributed by atoms with Crippen LogP contribution in [0.25, 0.3) is 0 Å². The first-order chi connectivity index (χ1) is 8.05. The van der Waals surface area contributed by atoms with Gasteiger partial charge in [0.05, 0.1) is 5.60 Å². The second-order valence-corrected chi connectivity index (χ2v) is 6.58. The molecule has 0 aromatic rings. The van der Waals surface area contributed by atoms with Crippen molar-refractivity contribution in [3.05, 3.63) is 0 Å². The quantitative estimate of drug-likeness (QED) is 0.790.